The van der Waals surface area contributed by atoms with Gasteiger partial charge in [-0.25, -0.2) is 0 Å². The van der Waals surface area contributed by atoms with Gasteiger partial charge in [0.05, 0.1) is 17.2 Å². The van der Waals surface area contributed by atoms with Crippen LogP contribution in [-0.2, 0) is 17.7 Å². The van der Waals surface area contributed by atoms with Crippen molar-refractivity contribution in [3.05, 3.63) is 119 Å². The van der Waals surface area contributed by atoms with E-state index in [9.17, 15) is 9.59 Å². The zero-order chi connectivity index (χ0) is 21.2. The normalized spacial score (nSPS) is 18.5. The van der Waals surface area contributed by atoms with Crippen LogP contribution in [0.15, 0.2) is 96.7 Å². The first-order valence-corrected chi connectivity index (χ1v) is 10.4. The number of carbonyl (C=O) groups excluding carboxylic acids is 2. The van der Waals surface area contributed by atoms with Crippen molar-refractivity contribution in [2.45, 2.75) is 25.0 Å². The van der Waals surface area contributed by atoms with Crippen molar-refractivity contribution in [1.29, 1.82) is 0 Å². The van der Waals surface area contributed by atoms with Crippen LogP contribution in [0.25, 0.3) is 0 Å². The minimum absolute atomic E-state index is 0.268. The molecular formula is C26H22N2O3. The fourth-order valence-corrected chi connectivity index (χ4v) is 4.23. The fourth-order valence-electron chi connectivity index (χ4n) is 4.23. The van der Waals surface area contributed by atoms with E-state index in [1.165, 1.54) is 4.90 Å². The van der Waals surface area contributed by atoms with Crippen LogP contribution in [0.2, 0.25) is 0 Å². The number of imide groups is 1. The third-order valence-electron chi connectivity index (χ3n) is 5.75. The van der Waals surface area contributed by atoms with E-state index in [1.807, 2.05) is 54.6 Å². The van der Waals surface area contributed by atoms with Gasteiger partial charge in [-0.3, -0.25) is 24.8 Å². The van der Waals surface area contributed by atoms with Gasteiger partial charge in [0.15, 0.2) is 0 Å². The lowest BCUT2D eigenvalue weighted by Gasteiger charge is -2.29. The van der Waals surface area contributed by atoms with Gasteiger partial charge in [-0.15, -0.1) is 0 Å². The first-order chi connectivity index (χ1) is 15.2. The Kier molecular flexibility index (Phi) is 5.10. The molecule has 3 aromatic rings. The van der Waals surface area contributed by atoms with Crippen molar-refractivity contribution >= 4 is 11.8 Å². The molecule has 5 heteroatoms. The number of benzene rings is 3. The third kappa shape index (κ3) is 3.76. The first-order valence-electron chi connectivity index (χ1n) is 10.4. The molecule has 0 bridgehead atoms. The van der Waals surface area contributed by atoms with E-state index in [0.29, 0.717) is 24.0 Å². The average Bonchev–Trinajstić information content (AvgIpc) is 3.37. The Morgan fingerprint density at radius 2 is 1.32 bits per heavy atom. The summed E-state index contributed by atoms with van der Waals surface area (Å²) < 4.78 is 0. The molecule has 2 atom stereocenters. The molecular weight excluding hydrogens is 388 g/mol. The Bertz CT molecular complexity index is 1110. The van der Waals surface area contributed by atoms with Crippen LogP contribution in [0.4, 0.5) is 0 Å². The van der Waals surface area contributed by atoms with Crippen LogP contribution >= 0.6 is 0 Å². The van der Waals surface area contributed by atoms with Gasteiger partial charge >= 0.3 is 0 Å². The van der Waals surface area contributed by atoms with Gasteiger partial charge in [-0.05, 0) is 35.8 Å². The van der Waals surface area contributed by atoms with Gasteiger partial charge in [0.25, 0.3) is 11.8 Å². The number of amides is 2. The van der Waals surface area contributed by atoms with E-state index < -0.39 is 12.1 Å². The monoisotopic (exact) mass is 410 g/mol. The molecule has 2 aliphatic rings. The fraction of sp³-hybridized carbons (Fsp3) is 0.154. The molecule has 1 N–H and O–H groups in total. The molecule has 2 amide bonds. The zero-order valence-electron chi connectivity index (χ0n) is 16.9. The maximum absolute atomic E-state index is 13.2. The summed E-state index contributed by atoms with van der Waals surface area (Å²) in [5, 5.41) is 0. The summed E-state index contributed by atoms with van der Waals surface area (Å²) in [7, 11) is 0. The van der Waals surface area contributed by atoms with Crippen molar-refractivity contribution in [2.75, 3.05) is 0 Å². The summed E-state index contributed by atoms with van der Waals surface area (Å²) in [6.07, 6.45) is 2.75. The number of hydrogen-bond acceptors (Lipinski definition) is 4. The van der Waals surface area contributed by atoms with Crippen molar-refractivity contribution < 1.29 is 14.4 Å². The second-order valence-corrected chi connectivity index (χ2v) is 7.82. The van der Waals surface area contributed by atoms with Crippen LogP contribution < -0.4 is 5.48 Å². The first kappa shape index (κ1) is 19.3. The Labute approximate surface area is 180 Å². The smallest absolute Gasteiger partial charge is 0.261 e. The molecule has 5 rings (SSSR count). The van der Waals surface area contributed by atoms with E-state index in [0.717, 1.165) is 16.8 Å². The van der Waals surface area contributed by atoms with Crippen LogP contribution in [0, 0.1) is 0 Å². The second kappa shape index (κ2) is 8.20. The molecule has 0 saturated heterocycles. The molecule has 5 nitrogen and oxygen atoms in total. The number of hydroxylamine groups is 1. The van der Waals surface area contributed by atoms with E-state index in [4.69, 9.17) is 4.84 Å². The van der Waals surface area contributed by atoms with Gasteiger partial charge < -0.3 is 0 Å². The molecule has 2 aliphatic heterocycles. The number of fused-ring (bicyclic) bond motifs is 1. The highest BCUT2D eigenvalue weighted by Crippen LogP contribution is 2.29. The summed E-state index contributed by atoms with van der Waals surface area (Å²) >= 11 is 0. The summed E-state index contributed by atoms with van der Waals surface area (Å²) in [6, 6.07) is 26.5. The number of allylic oxidation sites excluding steroid dienone is 1. The Balaban J connectivity index is 1.46. The molecule has 31 heavy (non-hydrogen) atoms. The lowest BCUT2D eigenvalue weighted by atomic mass is 9.98. The number of nitrogens with one attached hydrogen (secondary N) is 1. The summed E-state index contributed by atoms with van der Waals surface area (Å²) in [6.45, 7) is 0. The number of nitrogens with zero attached hydrogens (tertiary/aromatic N) is 1. The van der Waals surface area contributed by atoms with Crippen molar-refractivity contribution in [1.82, 2.24) is 10.4 Å². The van der Waals surface area contributed by atoms with Gasteiger partial charge in [-0.1, -0.05) is 72.8 Å². The van der Waals surface area contributed by atoms with Gasteiger partial charge in [0.1, 0.15) is 6.10 Å². The van der Waals surface area contributed by atoms with E-state index >= 15 is 0 Å². The Morgan fingerprint density at radius 3 is 1.94 bits per heavy atom. The molecule has 0 unspecified atom stereocenters. The molecule has 0 spiro atoms. The quantitative estimate of drug-likeness (QED) is 0.626. The molecule has 0 radical (unpaired) electrons. The van der Waals surface area contributed by atoms with Crippen LogP contribution in [0.3, 0.4) is 0 Å². The van der Waals surface area contributed by atoms with E-state index in [1.54, 1.807) is 24.3 Å². The average molecular weight is 410 g/mol. The minimum atomic E-state index is -0.462. The van der Waals surface area contributed by atoms with Gasteiger partial charge in [0.2, 0.25) is 0 Å². The second-order valence-electron chi connectivity index (χ2n) is 7.82. The third-order valence-corrected chi connectivity index (χ3v) is 5.75. The van der Waals surface area contributed by atoms with Crippen molar-refractivity contribution in [3.8, 4) is 0 Å². The highest BCUT2D eigenvalue weighted by atomic mass is 16.7. The van der Waals surface area contributed by atoms with Crippen LogP contribution in [0.5, 0.6) is 0 Å². The Hall–Kier alpha value is -3.70. The van der Waals surface area contributed by atoms with Crippen LogP contribution in [-0.4, -0.2) is 28.9 Å². The predicted molar refractivity (Wildman–Crippen MR) is 117 cm³/mol. The largest absolute Gasteiger partial charge is 0.270 e. The molecule has 3 aromatic carbocycles. The summed E-state index contributed by atoms with van der Waals surface area (Å²) in [4.78, 5) is 33.6. The summed E-state index contributed by atoms with van der Waals surface area (Å²) in [5.74, 6) is -0.537. The molecule has 0 fully saturated rings. The minimum Gasteiger partial charge on any atom is -0.270 e. The topological polar surface area (TPSA) is 58.6 Å². The molecule has 154 valence electrons. The maximum atomic E-state index is 13.2. The molecule has 0 saturated carbocycles. The maximum Gasteiger partial charge on any atom is 0.261 e. The number of rotatable bonds is 6. The van der Waals surface area contributed by atoms with E-state index in [-0.39, 0.29) is 11.8 Å². The van der Waals surface area contributed by atoms with Crippen LogP contribution in [0.1, 0.15) is 31.8 Å². The number of carbonyl (C=O) groups is 2. The highest BCUT2D eigenvalue weighted by molar-refractivity contribution is 6.21. The van der Waals surface area contributed by atoms with Gasteiger partial charge in [0, 0.05) is 12.1 Å². The molecule has 0 aromatic heterocycles. The van der Waals surface area contributed by atoms with Crippen molar-refractivity contribution in [2.24, 2.45) is 0 Å². The van der Waals surface area contributed by atoms with E-state index in [2.05, 4.69) is 17.6 Å². The predicted octanol–water partition coefficient (Wildman–Crippen LogP) is 3.92. The number of hydrogen-bond donors (Lipinski definition) is 1. The molecule has 2 heterocycles. The zero-order valence-corrected chi connectivity index (χ0v) is 16.9. The summed E-state index contributed by atoms with van der Waals surface area (Å²) in [5.41, 5.74) is 7.03. The molecule has 0 aliphatic carbocycles. The highest BCUT2D eigenvalue weighted by Gasteiger charge is 2.43. The lowest BCUT2D eigenvalue weighted by molar-refractivity contribution is -0.00592. The van der Waals surface area contributed by atoms with Gasteiger partial charge in [-0.2, -0.15) is 0 Å². The standard InChI is InChI=1S/C26H22N2O3/c29-25-21-13-7-8-14-22(21)26(30)28(25)23(16-19-11-5-2-6-12-19)24-17-20(27-31-24)15-18-9-3-1-4-10-18/h1-14,17,23-24,27H,15-16H2/t23-,24+/m0/s1. The lowest BCUT2D eigenvalue weighted by Crippen LogP contribution is -2.48. The SMILES string of the molecule is O=C1c2ccccc2C(=O)N1[C@@H](Cc1ccccc1)[C@H]1C=C(Cc2ccccc2)NO1. The Morgan fingerprint density at radius 1 is 0.774 bits per heavy atom. The van der Waals surface area contributed by atoms with Crippen molar-refractivity contribution in [3.63, 3.8) is 0 Å².